The van der Waals surface area contributed by atoms with Crippen LogP contribution in [0.3, 0.4) is 0 Å². The third kappa shape index (κ3) is 5.50. The molecule has 0 atom stereocenters. The van der Waals surface area contributed by atoms with Crippen molar-refractivity contribution in [2.24, 2.45) is 0 Å². The van der Waals surface area contributed by atoms with Crippen molar-refractivity contribution in [2.75, 3.05) is 0 Å². The fourth-order valence-electron chi connectivity index (χ4n) is 1.92. The van der Waals surface area contributed by atoms with E-state index in [9.17, 15) is 13.2 Å². The molecule has 2 heterocycles. The molecule has 0 aliphatic heterocycles. The van der Waals surface area contributed by atoms with E-state index in [1.165, 1.54) is 5.39 Å². The minimum Gasteiger partial charge on any atom is -0.741 e. The predicted octanol–water partition coefficient (Wildman–Crippen LogP) is 2.62. The Balaban J connectivity index is 0.000000242. The molecule has 9 heteroatoms. The third-order valence-corrected chi connectivity index (χ3v) is 3.63. The van der Waals surface area contributed by atoms with Crippen LogP contribution in [0.2, 0.25) is 0 Å². The predicted molar refractivity (Wildman–Crippen MR) is 83.2 cm³/mol. The van der Waals surface area contributed by atoms with E-state index in [0.717, 1.165) is 17.8 Å². The van der Waals surface area contributed by atoms with E-state index >= 15 is 0 Å². The molecule has 0 amide bonds. The van der Waals surface area contributed by atoms with Crippen molar-refractivity contribution in [3.8, 4) is 0 Å². The molecule has 1 aromatic carbocycles. The summed E-state index contributed by atoms with van der Waals surface area (Å²) >= 11 is 0. The summed E-state index contributed by atoms with van der Waals surface area (Å²) in [5, 5.41) is 1.19. The molecule has 2 aromatic heterocycles. The first kappa shape index (κ1) is 18.8. The number of halogens is 3. The summed E-state index contributed by atoms with van der Waals surface area (Å²) in [6.07, 6.45) is 4.10. The molecule has 25 heavy (non-hydrogen) atoms. The van der Waals surface area contributed by atoms with Gasteiger partial charge in [0.2, 0.25) is 0 Å². The second-order valence-corrected chi connectivity index (χ2v) is 6.31. The highest BCUT2D eigenvalue weighted by Gasteiger charge is 2.36. The number of pyridine rings is 2. The summed E-state index contributed by atoms with van der Waals surface area (Å²) in [6, 6.07) is 18.5. The zero-order chi connectivity index (χ0) is 18.5. The zero-order valence-corrected chi connectivity index (χ0v) is 13.5. The SMILES string of the molecule is O=S(=O)([O-])C(F)(F)F.c1cc[n+](Cc2ccc3ccccc3n2)cc1. The molecular formula is C16H13F3N2O3S. The number of rotatable bonds is 2. The molecular weight excluding hydrogens is 357 g/mol. The molecule has 0 saturated carbocycles. The summed E-state index contributed by atoms with van der Waals surface area (Å²) < 4.78 is 61.0. The molecule has 0 aliphatic rings. The summed E-state index contributed by atoms with van der Waals surface area (Å²) in [5.41, 5.74) is -3.51. The molecule has 0 radical (unpaired) electrons. The van der Waals surface area contributed by atoms with Gasteiger partial charge in [-0.15, -0.1) is 0 Å². The first-order chi connectivity index (χ1) is 11.7. The molecule has 0 bridgehead atoms. The molecule has 3 aromatic rings. The second kappa shape index (κ2) is 7.58. The number of aromatic nitrogens is 2. The first-order valence-corrected chi connectivity index (χ1v) is 8.38. The Kier molecular flexibility index (Phi) is 5.70. The van der Waals surface area contributed by atoms with Gasteiger partial charge in [-0.2, -0.15) is 17.7 Å². The quantitative estimate of drug-likeness (QED) is 0.395. The maximum atomic E-state index is 10.7. The summed E-state index contributed by atoms with van der Waals surface area (Å²) in [5.74, 6) is 0. The van der Waals surface area contributed by atoms with Gasteiger partial charge >= 0.3 is 5.51 Å². The van der Waals surface area contributed by atoms with Gasteiger partial charge in [0.1, 0.15) is 5.69 Å². The van der Waals surface area contributed by atoms with Crippen LogP contribution >= 0.6 is 0 Å². The monoisotopic (exact) mass is 370 g/mol. The Hall–Kier alpha value is -2.52. The van der Waals surface area contributed by atoms with Crippen molar-refractivity contribution in [1.82, 2.24) is 4.98 Å². The van der Waals surface area contributed by atoms with Gasteiger partial charge in [-0.25, -0.2) is 13.4 Å². The van der Waals surface area contributed by atoms with E-state index in [2.05, 4.69) is 46.2 Å². The van der Waals surface area contributed by atoms with Gasteiger partial charge < -0.3 is 4.55 Å². The lowest BCUT2D eigenvalue weighted by Gasteiger charge is -2.08. The highest BCUT2D eigenvalue weighted by Crippen LogP contribution is 2.20. The van der Waals surface area contributed by atoms with Gasteiger partial charge in [-0.3, -0.25) is 0 Å². The topological polar surface area (TPSA) is 74.0 Å². The van der Waals surface area contributed by atoms with Crippen LogP contribution in [0.25, 0.3) is 10.9 Å². The Morgan fingerprint density at radius 3 is 2.16 bits per heavy atom. The van der Waals surface area contributed by atoms with Crippen molar-refractivity contribution >= 4 is 21.0 Å². The maximum absolute atomic E-state index is 10.7. The van der Waals surface area contributed by atoms with Gasteiger partial charge in [-0.1, -0.05) is 30.3 Å². The van der Waals surface area contributed by atoms with E-state index in [4.69, 9.17) is 13.0 Å². The van der Waals surface area contributed by atoms with Crippen molar-refractivity contribution in [1.29, 1.82) is 0 Å². The average molecular weight is 370 g/mol. The largest absolute Gasteiger partial charge is 0.741 e. The fourth-order valence-corrected chi connectivity index (χ4v) is 1.92. The molecule has 5 nitrogen and oxygen atoms in total. The maximum Gasteiger partial charge on any atom is 0.485 e. The Morgan fingerprint density at radius 2 is 1.56 bits per heavy atom. The van der Waals surface area contributed by atoms with E-state index < -0.39 is 15.6 Å². The summed E-state index contributed by atoms with van der Waals surface area (Å²) in [4.78, 5) is 4.65. The zero-order valence-electron chi connectivity index (χ0n) is 12.7. The number of benzene rings is 1. The van der Waals surface area contributed by atoms with Crippen LogP contribution in [0.5, 0.6) is 0 Å². The second-order valence-electron chi connectivity index (χ2n) is 4.94. The minimum absolute atomic E-state index is 0.811. The lowest BCUT2D eigenvalue weighted by Crippen LogP contribution is -2.33. The van der Waals surface area contributed by atoms with Crippen LogP contribution in [0.4, 0.5) is 13.2 Å². The molecule has 0 unspecified atom stereocenters. The first-order valence-electron chi connectivity index (χ1n) is 6.98. The summed E-state index contributed by atoms with van der Waals surface area (Å²) in [7, 11) is -6.09. The summed E-state index contributed by atoms with van der Waals surface area (Å²) in [6.45, 7) is 0.811. The van der Waals surface area contributed by atoms with Crippen LogP contribution < -0.4 is 4.57 Å². The van der Waals surface area contributed by atoms with E-state index in [1.54, 1.807) is 0 Å². The molecule has 3 rings (SSSR count). The Bertz CT molecular complexity index is 946. The number of hydrogen-bond donors (Lipinski definition) is 0. The van der Waals surface area contributed by atoms with Gasteiger partial charge in [0.05, 0.1) is 5.52 Å². The van der Waals surface area contributed by atoms with Crippen molar-refractivity contribution in [3.05, 3.63) is 72.7 Å². The Morgan fingerprint density at radius 1 is 0.960 bits per heavy atom. The van der Waals surface area contributed by atoms with Crippen molar-refractivity contribution in [3.63, 3.8) is 0 Å². The van der Waals surface area contributed by atoms with E-state index in [-0.39, 0.29) is 0 Å². The standard InChI is InChI=1S/C15H13N2.CHF3O3S/c1-4-10-17(11-5-1)12-14-9-8-13-6-2-3-7-15(13)16-14;2-1(3,4)8(5,6)7/h1-11H,12H2;(H,5,6,7)/q+1;/p-1. The van der Waals surface area contributed by atoms with Gasteiger partial charge in [0, 0.05) is 17.5 Å². The number of para-hydroxylation sites is 1. The van der Waals surface area contributed by atoms with E-state index in [0.29, 0.717) is 0 Å². The number of hydrogen-bond acceptors (Lipinski definition) is 4. The van der Waals surface area contributed by atoms with E-state index in [1.807, 2.05) is 30.3 Å². The average Bonchev–Trinajstić information content (AvgIpc) is 2.54. The van der Waals surface area contributed by atoms with Crippen molar-refractivity contribution < 1.29 is 30.7 Å². The molecule has 132 valence electrons. The van der Waals surface area contributed by atoms with Crippen LogP contribution in [0, 0.1) is 0 Å². The normalized spacial score (nSPS) is 11.7. The molecule has 0 N–H and O–H groups in total. The number of fused-ring (bicyclic) bond motifs is 1. The van der Waals surface area contributed by atoms with Crippen LogP contribution in [-0.2, 0) is 16.7 Å². The fraction of sp³-hybridized carbons (Fsp3) is 0.125. The molecule has 0 aliphatic carbocycles. The third-order valence-electron chi connectivity index (χ3n) is 3.06. The molecule has 0 fully saturated rings. The number of alkyl halides is 3. The minimum atomic E-state index is -6.09. The van der Waals surface area contributed by atoms with Crippen LogP contribution in [0.1, 0.15) is 5.69 Å². The molecule has 0 spiro atoms. The lowest BCUT2D eigenvalue weighted by atomic mass is 10.2. The number of nitrogens with zero attached hydrogens (tertiary/aromatic N) is 2. The van der Waals surface area contributed by atoms with Gasteiger partial charge in [-0.05, 0) is 12.1 Å². The van der Waals surface area contributed by atoms with Gasteiger partial charge in [0.25, 0.3) is 0 Å². The highest BCUT2D eigenvalue weighted by atomic mass is 32.2. The van der Waals surface area contributed by atoms with Crippen LogP contribution in [-0.4, -0.2) is 23.5 Å². The smallest absolute Gasteiger partial charge is 0.485 e. The van der Waals surface area contributed by atoms with Crippen LogP contribution in [0.15, 0.2) is 67.0 Å². The van der Waals surface area contributed by atoms with Gasteiger partial charge in [0.15, 0.2) is 29.1 Å². The van der Waals surface area contributed by atoms with Crippen molar-refractivity contribution in [2.45, 2.75) is 12.1 Å². The molecule has 0 saturated heterocycles. The highest BCUT2D eigenvalue weighted by molar-refractivity contribution is 7.86. The Labute approximate surface area is 142 Å². The lowest BCUT2D eigenvalue weighted by molar-refractivity contribution is -0.688.